The van der Waals surface area contributed by atoms with E-state index < -0.39 is 28.5 Å². The van der Waals surface area contributed by atoms with Crippen LogP contribution < -0.4 is 5.32 Å². The van der Waals surface area contributed by atoms with Gasteiger partial charge < -0.3 is 14.8 Å². The molecule has 27 heavy (non-hydrogen) atoms. The molecule has 0 bridgehead atoms. The number of benzene rings is 1. The molecule has 0 spiro atoms. The lowest BCUT2D eigenvalue weighted by atomic mass is 10.2. The first-order chi connectivity index (χ1) is 12.9. The molecule has 1 amide bonds. The highest BCUT2D eigenvalue weighted by Gasteiger charge is 2.25. The van der Waals surface area contributed by atoms with Gasteiger partial charge in [0, 0.05) is 26.7 Å². The van der Waals surface area contributed by atoms with Crippen LogP contribution in [0.1, 0.15) is 36.0 Å². The van der Waals surface area contributed by atoms with Crippen molar-refractivity contribution >= 4 is 21.9 Å². The van der Waals surface area contributed by atoms with E-state index in [1.807, 2.05) is 0 Å². The first-order valence-electron chi connectivity index (χ1n) is 8.98. The summed E-state index contributed by atoms with van der Waals surface area (Å²) in [4.78, 5) is 23.7. The maximum atomic E-state index is 12.7. The molecule has 1 aromatic rings. The van der Waals surface area contributed by atoms with Crippen molar-refractivity contribution in [2.75, 3.05) is 40.0 Å². The fourth-order valence-corrected chi connectivity index (χ4v) is 4.27. The summed E-state index contributed by atoms with van der Waals surface area (Å²) in [5, 5.41) is 2.53. The summed E-state index contributed by atoms with van der Waals surface area (Å²) in [6, 6.07) is 5.59. The Kier molecular flexibility index (Phi) is 8.21. The second-order valence-electron chi connectivity index (χ2n) is 6.26. The number of hydrogen-bond acceptors (Lipinski definition) is 6. The van der Waals surface area contributed by atoms with E-state index in [0.717, 1.165) is 25.7 Å². The van der Waals surface area contributed by atoms with Crippen LogP contribution in [-0.4, -0.2) is 64.6 Å². The molecule has 150 valence electrons. The van der Waals surface area contributed by atoms with Crippen molar-refractivity contribution < 1.29 is 27.5 Å². The number of carbonyl (C=O) groups excluding carboxylic acids is 2. The average Bonchev–Trinajstić information content (AvgIpc) is 2.96. The Morgan fingerprint density at radius 1 is 1.07 bits per heavy atom. The maximum absolute atomic E-state index is 12.7. The molecular weight excluding hydrogens is 372 g/mol. The quantitative estimate of drug-likeness (QED) is 0.521. The van der Waals surface area contributed by atoms with Gasteiger partial charge in [-0.05, 0) is 37.1 Å². The third-order valence-electron chi connectivity index (χ3n) is 4.26. The minimum atomic E-state index is -3.56. The number of methoxy groups -OCH3 is 1. The van der Waals surface area contributed by atoms with Crippen LogP contribution in [0.3, 0.4) is 0 Å². The van der Waals surface area contributed by atoms with Crippen molar-refractivity contribution in [2.24, 2.45) is 0 Å². The Hall–Kier alpha value is -1.97. The molecule has 8 nitrogen and oxygen atoms in total. The van der Waals surface area contributed by atoms with Crippen molar-refractivity contribution in [3.63, 3.8) is 0 Å². The van der Waals surface area contributed by atoms with Crippen molar-refractivity contribution in [1.29, 1.82) is 0 Å². The van der Waals surface area contributed by atoms with Crippen LogP contribution in [0.2, 0.25) is 0 Å². The summed E-state index contributed by atoms with van der Waals surface area (Å²) in [5.74, 6) is -1.11. The zero-order valence-corrected chi connectivity index (χ0v) is 16.3. The lowest BCUT2D eigenvalue weighted by Crippen LogP contribution is -2.32. The van der Waals surface area contributed by atoms with Gasteiger partial charge in [0.1, 0.15) is 0 Å². The van der Waals surface area contributed by atoms with Gasteiger partial charge in [0.05, 0.1) is 17.1 Å². The van der Waals surface area contributed by atoms with Crippen molar-refractivity contribution in [3.8, 4) is 0 Å². The highest BCUT2D eigenvalue weighted by molar-refractivity contribution is 7.89. The number of rotatable bonds is 8. The summed E-state index contributed by atoms with van der Waals surface area (Å²) in [7, 11) is -2.04. The van der Waals surface area contributed by atoms with E-state index in [4.69, 9.17) is 9.47 Å². The molecule has 1 heterocycles. The van der Waals surface area contributed by atoms with Crippen LogP contribution in [0.5, 0.6) is 0 Å². The molecule has 9 heteroatoms. The van der Waals surface area contributed by atoms with Crippen LogP contribution >= 0.6 is 0 Å². The molecule has 2 rings (SSSR count). The molecule has 0 aliphatic carbocycles. The second-order valence-corrected chi connectivity index (χ2v) is 8.20. The Labute approximate surface area is 159 Å². The Morgan fingerprint density at radius 3 is 2.30 bits per heavy atom. The second kappa shape index (κ2) is 10.4. The molecule has 0 radical (unpaired) electrons. The van der Waals surface area contributed by atoms with E-state index in [1.165, 1.54) is 35.7 Å². The third-order valence-corrected chi connectivity index (χ3v) is 6.17. The predicted molar refractivity (Wildman–Crippen MR) is 98.8 cm³/mol. The van der Waals surface area contributed by atoms with E-state index in [0.29, 0.717) is 26.2 Å². The van der Waals surface area contributed by atoms with Gasteiger partial charge in [-0.1, -0.05) is 12.8 Å². The molecule has 1 saturated heterocycles. The van der Waals surface area contributed by atoms with Crippen LogP contribution in [0.25, 0.3) is 0 Å². The summed E-state index contributed by atoms with van der Waals surface area (Å²) in [5.41, 5.74) is 0.189. The third kappa shape index (κ3) is 6.30. The zero-order valence-electron chi connectivity index (χ0n) is 15.5. The number of hydrogen-bond donors (Lipinski definition) is 1. The normalized spacial score (nSPS) is 15.7. The number of sulfonamides is 1. The van der Waals surface area contributed by atoms with Crippen molar-refractivity contribution in [2.45, 2.75) is 30.6 Å². The smallest absolute Gasteiger partial charge is 0.338 e. The van der Waals surface area contributed by atoms with Gasteiger partial charge in [0.25, 0.3) is 5.91 Å². The first kappa shape index (κ1) is 21.3. The Bertz CT molecular complexity index is 725. The van der Waals surface area contributed by atoms with Gasteiger partial charge in [-0.3, -0.25) is 4.79 Å². The molecule has 0 aromatic heterocycles. The summed E-state index contributed by atoms with van der Waals surface area (Å²) < 4.78 is 36.6. The summed E-state index contributed by atoms with van der Waals surface area (Å²) in [6.45, 7) is 1.33. The molecule has 1 aromatic carbocycles. The summed E-state index contributed by atoms with van der Waals surface area (Å²) in [6.07, 6.45) is 3.79. The van der Waals surface area contributed by atoms with E-state index in [9.17, 15) is 18.0 Å². The van der Waals surface area contributed by atoms with Gasteiger partial charge in [-0.25, -0.2) is 13.2 Å². The fourth-order valence-electron chi connectivity index (χ4n) is 2.75. The number of nitrogens with one attached hydrogen (secondary N) is 1. The van der Waals surface area contributed by atoms with E-state index >= 15 is 0 Å². The number of nitrogens with zero attached hydrogens (tertiary/aromatic N) is 1. The lowest BCUT2D eigenvalue weighted by molar-refractivity contribution is -0.124. The van der Waals surface area contributed by atoms with Crippen molar-refractivity contribution in [3.05, 3.63) is 29.8 Å². The number of carbonyl (C=O) groups is 2. The SMILES string of the molecule is COCCNC(=O)COC(=O)c1ccc(S(=O)(=O)N2CCCCCC2)cc1. The molecule has 1 N–H and O–H groups in total. The molecule has 1 aliphatic rings. The zero-order chi connectivity index (χ0) is 19.7. The van der Waals surface area contributed by atoms with Gasteiger partial charge in [0.15, 0.2) is 6.61 Å². The minimum absolute atomic E-state index is 0.151. The maximum Gasteiger partial charge on any atom is 0.338 e. The lowest BCUT2D eigenvalue weighted by Gasteiger charge is -2.19. The van der Waals surface area contributed by atoms with Crippen LogP contribution in [0.15, 0.2) is 29.2 Å². The van der Waals surface area contributed by atoms with Crippen molar-refractivity contribution in [1.82, 2.24) is 9.62 Å². The molecular formula is C18H26N2O6S. The number of amides is 1. The minimum Gasteiger partial charge on any atom is -0.452 e. The molecule has 1 aliphatic heterocycles. The fraction of sp³-hybridized carbons (Fsp3) is 0.556. The molecule has 0 atom stereocenters. The highest BCUT2D eigenvalue weighted by Crippen LogP contribution is 2.20. The van der Waals surface area contributed by atoms with Crippen LogP contribution in [-0.2, 0) is 24.3 Å². The Balaban J connectivity index is 1.93. The first-order valence-corrected chi connectivity index (χ1v) is 10.4. The molecule has 0 unspecified atom stereocenters. The van der Waals surface area contributed by atoms with Gasteiger partial charge >= 0.3 is 5.97 Å². The van der Waals surface area contributed by atoms with Gasteiger partial charge in [-0.15, -0.1) is 0 Å². The number of ether oxygens (including phenoxy) is 2. The Morgan fingerprint density at radius 2 is 1.70 bits per heavy atom. The van der Waals surface area contributed by atoms with Gasteiger partial charge in [0.2, 0.25) is 10.0 Å². The van der Waals surface area contributed by atoms with E-state index in [1.54, 1.807) is 0 Å². The standard InChI is InChI=1S/C18H26N2O6S/c1-25-13-10-19-17(21)14-26-18(22)15-6-8-16(9-7-15)27(23,24)20-11-4-2-3-5-12-20/h6-9H,2-5,10-14H2,1H3,(H,19,21). The highest BCUT2D eigenvalue weighted by atomic mass is 32.2. The van der Waals surface area contributed by atoms with E-state index in [2.05, 4.69) is 5.32 Å². The topological polar surface area (TPSA) is 102 Å². The van der Waals surface area contributed by atoms with E-state index in [-0.39, 0.29) is 10.5 Å². The molecule has 1 fully saturated rings. The molecule has 0 saturated carbocycles. The van der Waals surface area contributed by atoms with Crippen LogP contribution in [0.4, 0.5) is 0 Å². The number of esters is 1. The largest absolute Gasteiger partial charge is 0.452 e. The monoisotopic (exact) mass is 398 g/mol. The van der Waals surface area contributed by atoms with Crippen LogP contribution in [0, 0.1) is 0 Å². The average molecular weight is 398 g/mol. The van der Waals surface area contributed by atoms with Gasteiger partial charge in [-0.2, -0.15) is 4.31 Å². The predicted octanol–water partition coefficient (Wildman–Crippen LogP) is 1.17. The summed E-state index contributed by atoms with van der Waals surface area (Å²) >= 11 is 0.